The van der Waals surface area contributed by atoms with Gasteiger partial charge in [0.05, 0.1) is 0 Å². The lowest BCUT2D eigenvalue weighted by molar-refractivity contribution is -0.150. The van der Waals surface area contributed by atoms with Crippen molar-refractivity contribution in [3.05, 3.63) is 35.9 Å². The number of carbonyl (C=O) groups is 2. The molecule has 0 saturated heterocycles. The molecular weight excluding hydrogens is 356 g/mol. The lowest BCUT2D eigenvalue weighted by atomic mass is 9.86. The minimum atomic E-state index is -2.88. The van der Waals surface area contributed by atoms with Crippen LogP contribution in [0.15, 0.2) is 30.3 Å². The molecule has 1 N–H and O–H groups in total. The summed E-state index contributed by atoms with van der Waals surface area (Å²) in [7, 11) is 0. The van der Waals surface area contributed by atoms with E-state index in [0.29, 0.717) is 11.5 Å². The Kier molecular flexibility index (Phi) is 7.76. The van der Waals surface area contributed by atoms with Gasteiger partial charge in [0.25, 0.3) is 5.91 Å². The first-order chi connectivity index (χ1) is 12.8. The van der Waals surface area contributed by atoms with Crippen molar-refractivity contribution >= 4 is 18.0 Å². The molecule has 27 heavy (non-hydrogen) atoms. The second-order valence-corrected chi connectivity index (χ2v) is 6.74. The maximum Gasteiger partial charge on any atom is 0.387 e. The zero-order chi connectivity index (χ0) is 19.8. The van der Waals surface area contributed by atoms with Crippen molar-refractivity contribution in [1.29, 1.82) is 0 Å². The fourth-order valence-corrected chi connectivity index (χ4v) is 3.02. The van der Waals surface area contributed by atoms with E-state index in [1.54, 1.807) is 0 Å². The van der Waals surface area contributed by atoms with Crippen molar-refractivity contribution in [3.8, 4) is 5.75 Å². The van der Waals surface area contributed by atoms with Crippen molar-refractivity contribution in [2.45, 2.75) is 58.3 Å². The molecule has 1 aliphatic rings. The summed E-state index contributed by atoms with van der Waals surface area (Å²) in [5.41, 5.74) is 0.613. The Hall–Kier alpha value is -2.44. The second kappa shape index (κ2) is 10.0. The summed E-state index contributed by atoms with van der Waals surface area (Å²) in [6.45, 7) is 0.761. The lowest BCUT2D eigenvalue weighted by Gasteiger charge is -2.30. The average molecular weight is 381 g/mol. The van der Waals surface area contributed by atoms with Gasteiger partial charge in [-0.3, -0.25) is 4.79 Å². The number of esters is 1. The zero-order valence-corrected chi connectivity index (χ0v) is 15.5. The molecule has 5 nitrogen and oxygen atoms in total. The van der Waals surface area contributed by atoms with Gasteiger partial charge in [-0.2, -0.15) is 8.78 Å². The molecule has 1 amide bonds. The Morgan fingerprint density at radius 3 is 2.48 bits per heavy atom. The highest BCUT2D eigenvalue weighted by molar-refractivity contribution is 5.90. The van der Waals surface area contributed by atoms with Gasteiger partial charge in [0.1, 0.15) is 5.75 Å². The molecule has 0 bridgehead atoms. The van der Waals surface area contributed by atoms with Crippen molar-refractivity contribution < 1.29 is 27.8 Å². The molecule has 1 saturated carbocycles. The van der Waals surface area contributed by atoms with Crippen LogP contribution in [0, 0.1) is 5.92 Å². The number of amides is 1. The van der Waals surface area contributed by atoms with Gasteiger partial charge in [-0.05, 0) is 49.5 Å². The molecular formula is C20H25F2NO4. The van der Waals surface area contributed by atoms with E-state index < -0.39 is 18.7 Å². The highest BCUT2D eigenvalue weighted by Gasteiger charge is 2.25. The first-order valence-electron chi connectivity index (χ1n) is 9.09. The Morgan fingerprint density at radius 1 is 1.19 bits per heavy atom. The number of hydrogen-bond donors (Lipinski definition) is 1. The molecule has 1 fully saturated rings. The predicted molar refractivity (Wildman–Crippen MR) is 97.2 cm³/mol. The summed E-state index contributed by atoms with van der Waals surface area (Å²) < 4.78 is 33.6. The molecule has 1 aliphatic carbocycles. The van der Waals surface area contributed by atoms with Gasteiger partial charge in [0.2, 0.25) is 0 Å². The fourth-order valence-electron chi connectivity index (χ4n) is 3.02. The monoisotopic (exact) mass is 381 g/mol. The van der Waals surface area contributed by atoms with Crippen molar-refractivity contribution in [2.24, 2.45) is 5.92 Å². The summed E-state index contributed by atoms with van der Waals surface area (Å²) in [6, 6.07) is 5.93. The van der Waals surface area contributed by atoms with Gasteiger partial charge in [0, 0.05) is 12.1 Å². The summed E-state index contributed by atoms with van der Waals surface area (Å²) >= 11 is 0. The van der Waals surface area contributed by atoms with Crippen LogP contribution in [0.3, 0.4) is 0 Å². The number of rotatable bonds is 7. The molecule has 1 aromatic carbocycles. The minimum absolute atomic E-state index is 0.0342. The standard InChI is InChI=1S/C20H25F2NO4/c1-13-5-3-4-6-17(13)23-19(25)14(2)26-18(24)12-9-15-7-10-16(11-8-15)27-20(21)22/h7-14,17,20H,3-6H2,1-2H3,(H,23,25)/b12-9+/t13-,14-,17+/m1/s1. The van der Waals surface area contributed by atoms with Gasteiger partial charge in [-0.15, -0.1) is 0 Å². The smallest absolute Gasteiger partial charge is 0.387 e. The van der Waals surface area contributed by atoms with Crippen LogP contribution in [0.4, 0.5) is 8.78 Å². The Labute approximate surface area is 157 Å². The number of benzene rings is 1. The predicted octanol–water partition coefficient (Wildman–Crippen LogP) is 3.93. The Balaban J connectivity index is 1.81. The second-order valence-electron chi connectivity index (χ2n) is 6.74. The molecule has 0 heterocycles. The van der Waals surface area contributed by atoms with Gasteiger partial charge < -0.3 is 14.8 Å². The fraction of sp³-hybridized carbons (Fsp3) is 0.500. The highest BCUT2D eigenvalue weighted by atomic mass is 19.3. The first kappa shape index (κ1) is 20.9. The SMILES string of the molecule is C[C@@H]1CCCC[C@@H]1NC(=O)[C@@H](C)OC(=O)/C=C/c1ccc(OC(F)F)cc1. The summed E-state index contributed by atoms with van der Waals surface area (Å²) in [5, 5.41) is 2.95. The van der Waals surface area contributed by atoms with E-state index in [2.05, 4.69) is 17.0 Å². The Morgan fingerprint density at radius 2 is 1.85 bits per heavy atom. The molecule has 7 heteroatoms. The van der Waals surface area contributed by atoms with Crippen LogP contribution in [0.25, 0.3) is 6.08 Å². The molecule has 3 atom stereocenters. The molecule has 0 unspecified atom stereocenters. The van der Waals surface area contributed by atoms with Crippen LogP contribution in [0.1, 0.15) is 45.1 Å². The number of halogens is 2. The molecule has 148 valence electrons. The van der Waals surface area contributed by atoms with E-state index in [4.69, 9.17) is 4.74 Å². The molecule has 0 radical (unpaired) electrons. The quantitative estimate of drug-likeness (QED) is 0.574. The van der Waals surface area contributed by atoms with Crippen LogP contribution in [-0.4, -0.2) is 30.6 Å². The van der Waals surface area contributed by atoms with Gasteiger partial charge in [0.15, 0.2) is 6.10 Å². The van der Waals surface area contributed by atoms with E-state index in [1.165, 1.54) is 49.8 Å². The number of alkyl halides is 2. The van der Waals surface area contributed by atoms with Crippen LogP contribution in [-0.2, 0) is 14.3 Å². The van der Waals surface area contributed by atoms with Gasteiger partial charge in [-0.1, -0.05) is 31.9 Å². The average Bonchev–Trinajstić information content (AvgIpc) is 2.62. The molecule has 0 aromatic heterocycles. The Bertz CT molecular complexity index is 660. The van der Waals surface area contributed by atoms with Crippen LogP contribution in [0.5, 0.6) is 5.75 Å². The highest BCUT2D eigenvalue weighted by Crippen LogP contribution is 2.23. The van der Waals surface area contributed by atoms with E-state index in [1.807, 2.05) is 0 Å². The molecule has 1 aromatic rings. The minimum Gasteiger partial charge on any atom is -0.449 e. The maximum absolute atomic E-state index is 12.2. The van der Waals surface area contributed by atoms with E-state index in [9.17, 15) is 18.4 Å². The summed E-state index contributed by atoms with van der Waals surface area (Å²) in [6.07, 6.45) is 6.07. The third kappa shape index (κ3) is 7.00. The third-order valence-electron chi connectivity index (χ3n) is 4.62. The first-order valence-corrected chi connectivity index (χ1v) is 9.09. The van der Waals surface area contributed by atoms with Crippen molar-refractivity contribution in [1.82, 2.24) is 5.32 Å². The van der Waals surface area contributed by atoms with Crippen LogP contribution < -0.4 is 10.1 Å². The van der Waals surface area contributed by atoms with Gasteiger partial charge in [-0.25, -0.2) is 4.79 Å². The van der Waals surface area contributed by atoms with Crippen LogP contribution >= 0.6 is 0 Å². The number of carbonyl (C=O) groups excluding carboxylic acids is 2. The largest absolute Gasteiger partial charge is 0.449 e. The molecule has 0 aliphatic heterocycles. The van der Waals surface area contributed by atoms with Crippen molar-refractivity contribution in [3.63, 3.8) is 0 Å². The van der Waals surface area contributed by atoms with Gasteiger partial charge >= 0.3 is 12.6 Å². The normalized spacial score (nSPS) is 21.1. The topological polar surface area (TPSA) is 64.6 Å². The molecule has 2 rings (SSSR count). The van der Waals surface area contributed by atoms with Crippen molar-refractivity contribution in [2.75, 3.05) is 0 Å². The lowest BCUT2D eigenvalue weighted by Crippen LogP contribution is -2.45. The number of ether oxygens (including phenoxy) is 2. The molecule has 0 spiro atoms. The number of nitrogens with one attached hydrogen (secondary N) is 1. The summed E-state index contributed by atoms with van der Waals surface area (Å²) in [4.78, 5) is 24.1. The third-order valence-corrected chi connectivity index (χ3v) is 4.62. The number of hydrogen-bond acceptors (Lipinski definition) is 4. The zero-order valence-electron chi connectivity index (χ0n) is 15.5. The van der Waals surface area contributed by atoms with E-state index in [-0.39, 0.29) is 17.7 Å². The van der Waals surface area contributed by atoms with E-state index in [0.717, 1.165) is 19.3 Å². The summed E-state index contributed by atoms with van der Waals surface area (Å²) in [5.74, 6) is -0.499. The maximum atomic E-state index is 12.2. The van der Waals surface area contributed by atoms with E-state index >= 15 is 0 Å². The van der Waals surface area contributed by atoms with Crippen LogP contribution in [0.2, 0.25) is 0 Å².